The minimum atomic E-state index is -0.101. The van der Waals surface area contributed by atoms with Gasteiger partial charge in [0.05, 0.1) is 16.8 Å². The van der Waals surface area contributed by atoms with Crippen molar-refractivity contribution in [3.05, 3.63) is 47.5 Å². The zero-order valence-electron chi connectivity index (χ0n) is 12.6. The summed E-state index contributed by atoms with van der Waals surface area (Å²) >= 11 is 1.28. The summed E-state index contributed by atoms with van der Waals surface area (Å²) < 4.78 is 0. The first kappa shape index (κ1) is 16.1. The van der Waals surface area contributed by atoms with Gasteiger partial charge in [0.25, 0.3) is 0 Å². The number of nitrogens with zero attached hydrogens (tertiary/aromatic N) is 2. The lowest BCUT2D eigenvalue weighted by Crippen LogP contribution is -2.25. The van der Waals surface area contributed by atoms with Gasteiger partial charge in [-0.25, -0.2) is 4.98 Å². The van der Waals surface area contributed by atoms with Crippen molar-refractivity contribution in [2.75, 3.05) is 12.3 Å². The first-order valence-corrected chi connectivity index (χ1v) is 7.86. The van der Waals surface area contributed by atoms with E-state index < -0.39 is 0 Å². The summed E-state index contributed by atoms with van der Waals surface area (Å²) in [7, 11) is 0. The zero-order valence-corrected chi connectivity index (χ0v) is 13.5. The van der Waals surface area contributed by atoms with E-state index in [-0.39, 0.29) is 11.7 Å². The van der Waals surface area contributed by atoms with Crippen LogP contribution in [-0.4, -0.2) is 23.2 Å². The molecule has 0 aliphatic heterocycles. The summed E-state index contributed by atoms with van der Waals surface area (Å²) in [6.07, 6.45) is 1.63. The number of aryl methyl sites for hydroxylation is 2. The van der Waals surface area contributed by atoms with Gasteiger partial charge in [-0.2, -0.15) is 5.26 Å². The summed E-state index contributed by atoms with van der Waals surface area (Å²) in [6, 6.07) is 8.03. The van der Waals surface area contributed by atoms with Crippen molar-refractivity contribution in [2.24, 2.45) is 0 Å². The number of nitriles is 1. The van der Waals surface area contributed by atoms with Gasteiger partial charge in [0.1, 0.15) is 11.1 Å². The third-order valence-corrected chi connectivity index (χ3v) is 4.29. The van der Waals surface area contributed by atoms with Gasteiger partial charge in [0.2, 0.25) is 5.91 Å². The predicted octanol–water partition coefficient (Wildman–Crippen LogP) is 3.12. The fourth-order valence-electron chi connectivity index (χ4n) is 1.98. The molecule has 5 heteroatoms. The van der Waals surface area contributed by atoms with Crippen molar-refractivity contribution >= 4 is 28.6 Å². The fourth-order valence-corrected chi connectivity index (χ4v) is 2.78. The number of benzene rings is 1. The van der Waals surface area contributed by atoms with Gasteiger partial charge in [0.15, 0.2) is 0 Å². The van der Waals surface area contributed by atoms with E-state index in [0.717, 1.165) is 16.5 Å². The smallest absolute Gasteiger partial charge is 0.230 e. The van der Waals surface area contributed by atoms with Crippen molar-refractivity contribution in [2.45, 2.75) is 18.9 Å². The summed E-state index contributed by atoms with van der Waals surface area (Å²) in [5.41, 5.74) is 3.67. The maximum atomic E-state index is 11.6. The molecule has 1 amide bonds. The summed E-state index contributed by atoms with van der Waals surface area (Å²) in [4.78, 5) is 16.2. The summed E-state index contributed by atoms with van der Waals surface area (Å²) in [6.45, 7) is 8.06. The average Bonchev–Trinajstić information content (AvgIpc) is 2.51. The van der Waals surface area contributed by atoms with Crippen molar-refractivity contribution in [1.29, 1.82) is 5.26 Å². The highest BCUT2D eigenvalue weighted by atomic mass is 32.2. The van der Waals surface area contributed by atoms with Crippen LogP contribution < -0.4 is 5.32 Å². The number of aromatic nitrogens is 1. The molecule has 0 bridgehead atoms. The van der Waals surface area contributed by atoms with E-state index >= 15 is 0 Å². The molecule has 0 aliphatic rings. The highest BCUT2D eigenvalue weighted by Crippen LogP contribution is 2.26. The van der Waals surface area contributed by atoms with E-state index in [0.29, 0.717) is 17.1 Å². The Hall–Kier alpha value is -2.32. The summed E-state index contributed by atoms with van der Waals surface area (Å²) in [5.74, 6) is 0.127. The Morgan fingerprint density at radius 3 is 2.82 bits per heavy atom. The minimum Gasteiger partial charge on any atom is -0.352 e. The Morgan fingerprint density at radius 1 is 1.41 bits per heavy atom. The van der Waals surface area contributed by atoms with E-state index in [1.165, 1.54) is 17.3 Å². The molecule has 0 fully saturated rings. The van der Waals surface area contributed by atoms with Crippen molar-refractivity contribution in [3.63, 3.8) is 0 Å². The lowest BCUT2D eigenvalue weighted by Gasteiger charge is -2.08. The highest BCUT2D eigenvalue weighted by Gasteiger charge is 2.10. The number of nitrogens with one attached hydrogen (secondary N) is 1. The second-order valence-corrected chi connectivity index (χ2v) is 5.93. The van der Waals surface area contributed by atoms with Gasteiger partial charge in [-0.3, -0.25) is 4.79 Å². The number of fused-ring (bicyclic) bond motifs is 1. The van der Waals surface area contributed by atoms with E-state index in [4.69, 9.17) is 0 Å². The maximum Gasteiger partial charge on any atom is 0.230 e. The molecule has 0 aliphatic carbocycles. The van der Waals surface area contributed by atoms with Crippen LogP contribution in [0.1, 0.15) is 16.7 Å². The van der Waals surface area contributed by atoms with Gasteiger partial charge in [-0.1, -0.05) is 17.8 Å². The number of carbonyl (C=O) groups is 1. The second kappa shape index (κ2) is 7.10. The number of pyridine rings is 1. The van der Waals surface area contributed by atoms with Gasteiger partial charge < -0.3 is 5.32 Å². The SMILES string of the molecule is C=CCNC(=O)CSc1nc2cc(C)c(C)cc2cc1C#N. The number of carbonyl (C=O) groups excluding carboxylic acids is 1. The van der Waals surface area contributed by atoms with E-state index in [9.17, 15) is 10.1 Å². The Balaban J connectivity index is 2.29. The van der Waals surface area contributed by atoms with Crippen LogP contribution in [0.3, 0.4) is 0 Å². The Labute approximate surface area is 134 Å². The van der Waals surface area contributed by atoms with Crippen LogP contribution in [0.15, 0.2) is 35.9 Å². The molecule has 2 rings (SSSR count). The quantitative estimate of drug-likeness (QED) is 0.680. The van der Waals surface area contributed by atoms with E-state index in [2.05, 4.69) is 22.9 Å². The molecule has 1 N–H and O–H groups in total. The van der Waals surface area contributed by atoms with Gasteiger partial charge >= 0.3 is 0 Å². The fraction of sp³-hybridized carbons (Fsp3) is 0.235. The monoisotopic (exact) mass is 311 g/mol. The third-order valence-electron chi connectivity index (χ3n) is 3.30. The summed E-state index contributed by atoms with van der Waals surface area (Å²) in [5, 5.41) is 13.5. The van der Waals surface area contributed by atoms with E-state index in [1.54, 1.807) is 6.08 Å². The van der Waals surface area contributed by atoms with E-state index in [1.807, 2.05) is 32.0 Å². The molecule has 0 radical (unpaired) electrons. The molecule has 1 heterocycles. The number of rotatable bonds is 5. The molecule has 0 unspecified atom stereocenters. The molecular formula is C17H17N3OS. The molecule has 112 valence electrons. The third kappa shape index (κ3) is 3.66. The topological polar surface area (TPSA) is 65.8 Å². The second-order valence-electron chi connectivity index (χ2n) is 4.96. The molecule has 1 aromatic carbocycles. The van der Waals surface area contributed by atoms with Crippen LogP contribution >= 0.6 is 11.8 Å². The lowest BCUT2D eigenvalue weighted by atomic mass is 10.1. The van der Waals surface area contributed by atoms with Gasteiger partial charge in [-0.05, 0) is 43.2 Å². The zero-order chi connectivity index (χ0) is 16.1. The Morgan fingerprint density at radius 2 is 2.14 bits per heavy atom. The molecule has 0 saturated carbocycles. The molecule has 1 aromatic heterocycles. The minimum absolute atomic E-state index is 0.101. The van der Waals surface area contributed by atoms with Crippen LogP contribution in [0.25, 0.3) is 10.9 Å². The first-order chi connectivity index (χ1) is 10.5. The number of thioether (sulfide) groups is 1. The van der Waals surface area contributed by atoms with Crippen molar-refractivity contribution in [3.8, 4) is 6.07 Å². The van der Waals surface area contributed by atoms with Crippen LogP contribution in [0, 0.1) is 25.2 Å². The van der Waals surface area contributed by atoms with Crippen LogP contribution in [0.2, 0.25) is 0 Å². The number of hydrogen-bond donors (Lipinski definition) is 1. The molecule has 4 nitrogen and oxygen atoms in total. The maximum absolute atomic E-state index is 11.6. The molecule has 2 aromatic rings. The molecule has 0 spiro atoms. The normalized spacial score (nSPS) is 10.2. The first-order valence-electron chi connectivity index (χ1n) is 6.87. The molecule has 0 saturated heterocycles. The standard InChI is InChI=1S/C17H17N3OS/c1-4-5-19-16(21)10-22-17-14(9-18)8-13-6-11(2)12(3)7-15(13)20-17/h4,6-8H,1,5,10H2,2-3H3,(H,19,21). The average molecular weight is 311 g/mol. The molecular weight excluding hydrogens is 294 g/mol. The van der Waals surface area contributed by atoms with Crippen molar-refractivity contribution < 1.29 is 4.79 Å². The van der Waals surface area contributed by atoms with Gasteiger partial charge in [0, 0.05) is 11.9 Å². The largest absolute Gasteiger partial charge is 0.352 e. The molecule has 22 heavy (non-hydrogen) atoms. The lowest BCUT2D eigenvalue weighted by molar-refractivity contribution is -0.118. The predicted molar refractivity (Wildman–Crippen MR) is 89.9 cm³/mol. The number of amides is 1. The Kier molecular flexibility index (Phi) is 5.18. The number of hydrogen-bond acceptors (Lipinski definition) is 4. The highest BCUT2D eigenvalue weighted by molar-refractivity contribution is 8.00. The van der Waals surface area contributed by atoms with Crippen LogP contribution in [0.5, 0.6) is 0 Å². The van der Waals surface area contributed by atoms with Gasteiger partial charge in [-0.15, -0.1) is 6.58 Å². The van der Waals surface area contributed by atoms with Crippen molar-refractivity contribution in [1.82, 2.24) is 10.3 Å². The van der Waals surface area contributed by atoms with Crippen LogP contribution in [0.4, 0.5) is 0 Å². The Bertz CT molecular complexity index is 778. The van der Waals surface area contributed by atoms with Crippen LogP contribution in [-0.2, 0) is 4.79 Å². The molecule has 0 atom stereocenters.